The van der Waals surface area contributed by atoms with Crippen LogP contribution in [0.15, 0.2) is 24.5 Å². The molecule has 0 atom stereocenters. The molecule has 0 aliphatic rings. The van der Waals surface area contributed by atoms with E-state index in [1.165, 1.54) is 0 Å². The smallest absolute Gasteiger partial charge is 0.234 e. The maximum absolute atomic E-state index is 13.0. The fraction of sp³-hybridized carbons (Fsp3) is 0.471. The summed E-state index contributed by atoms with van der Waals surface area (Å²) in [5.41, 5.74) is 1.49. The molecule has 0 saturated heterocycles. The van der Waals surface area contributed by atoms with Crippen molar-refractivity contribution in [2.75, 3.05) is 23.5 Å². The van der Waals surface area contributed by atoms with Gasteiger partial charge in [0.1, 0.15) is 10.0 Å². The van der Waals surface area contributed by atoms with Crippen LogP contribution in [0.25, 0.3) is 10.6 Å². The van der Waals surface area contributed by atoms with Crippen molar-refractivity contribution in [1.29, 1.82) is 0 Å². The van der Waals surface area contributed by atoms with E-state index in [1.807, 2.05) is 51.0 Å². The summed E-state index contributed by atoms with van der Waals surface area (Å²) in [7, 11) is 0. The summed E-state index contributed by atoms with van der Waals surface area (Å²) in [5.74, 6) is 0.953. The largest absolute Gasteiger partial charge is 0.302 e. The first-order chi connectivity index (χ1) is 10.9. The van der Waals surface area contributed by atoms with Gasteiger partial charge in [0.05, 0.1) is 11.1 Å². The number of nitrogens with zero attached hydrogens (tertiary/aromatic N) is 3. The molecule has 2 aromatic rings. The Morgan fingerprint density at radius 1 is 1.43 bits per heavy atom. The minimum absolute atomic E-state index is 0.152. The number of aromatic nitrogens is 2. The molecular weight excluding hydrogens is 326 g/mol. The molecule has 0 N–H and O–H groups in total. The zero-order valence-electron chi connectivity index (χ0n) is 14.3. The number of anilines is 1. The standard InChI is InChI=1S/C17H23N3OS2/c1-6-20(16(21)17(3,4)11-22-5)15-12(2)19-14(23-15)13-8-7-9-18-10-13/h7-10H,6,11H2,1-5H3. The molecule has 2 heterocycles. The SMILES string of the molecule is CCN(C(=O)C(C)(C)CSC)c1sc(-c2cccnc2)nc1C. The molecule has 0 aliphatic heterocycles. The maximum Gasteiger partial charge on any atom is 0.234 e. The third kappa shape index (κ3) is 3.93. The van der Waals surface area contributed by atoms with Crippen LogP contribution in [0.2, 0.25) is 0 Å². The van der Waals surface area contributed by atoms with Crippen LogP contribution < -0.4 is 4.90 Å². The fourth-order valence-electron chi connectivity index (χ4n) is 2.42. The van der Waals surface area contributed by atoms with E-state index in [1.54, 1.807) is 35.5 Å². The van der Waals surface area contributed by atoms with E-state index < -0.39 is 0 Å². The molecule has 0 radical (unpaired) electrons. The second-order valence-corrected chi connectivity index (χ2v) is 7.86. The van der Waals surface area contributed by atoms with Gasteiger partial charge in [-0.3, -0.25) is 9.78 Å². The highest BCUT2D eigenvalue weighted by Gasteiger charge is 2.33. The van der Waals surface area contributed by atoms with Gasteiger partial charge in [-0.25, -0.2) is 4.98 Å². The van der Waals surface area contributed by atoms with E-state index >= 15 is 0 Å². The molecule has 6 heteroatoms. The molecule has 0 fully saturated rings. The molecule has 2 aromatic heterocycles. The third-order valence-corrected chi connectivity index (χ3v) is 5.81. The van der Waals surface area contributed by atoms with E-state index in [4.69, 9.17) is 0 Å². The highest BCUT2D eigenvalue weighted by Crippen LogP contribution is 2.36. The average Bonchev–Trinajstić information content (AvgIpc) is 2.91. The van der Waals surface area contributed by atoms with Gasteiger partial charge in [-0.1, -0.05) is 25.2 Å². The van der Waals surface area contributed by atoms with Gasteiger partial charge in [0, 0.05) is 30.3 Å². The molecule has 1 amide bonds. The predicted molar refractivity (Wildman–Crippen MR) is 100 cm³/mol. The Labute approximate surface area is 146 Å². The van der Waals surface area contributed by atoms with Gasteiger partial charge in [0.2, 0.25) is 5.91 Å². The Balaban J connectivity index is 2.36. The van der Waals surface area contributed by atoms with Crippen molar-refractivity contribution in [2.24, 2.45) is 5.41 Å². The summed E-state index contributed by atoms with van der Waals surface area (Å²) in [4.78, 5) is 23.6. The van der Waals surface area contributed by atoms with Gasteiger partial charge < -0.3 is 4.90 Å². The van der Waals surface area contributed by atoms with E-state index in [2.05, 4.69) is 9.97 Å². The first-order valence-electron chi connectivity index (χ1n) is 7.59. The van der Waals surface area contributed by atoms with Crippen molar-refractivity contribution < 1.29 is 4.79 Å². The fourth-order valence-corrected chi connectivity index (χ4v) is 4.38. The van der Waals surface area contributed by atoms with Crippen LogP contribution in [-0.2, 0) is 4.79 Å². The minimum atomic E-state index is -0.389. The number of hydrogen-bond acceptors (Lipinski definition) is 5. The number of hydrogen-bond donors (Lipinski definition) is 0. The Hall–Kier alpha value is -1.40. The van der Waals surface area contributed by atoms with Crippen molar-refractivity contribution >= 4 is 34.0 Å². The molecule has 4 nitrogen and oxygen atoms in total. The van der Waals surface area contributed by atoms with Crippen LogP contribution in [0, 0.1) is 12.3 Å². The summed E-state index contributed by atoms with van der Waals surface area (Å²) in [5, 5.41) is 1.84. The second-order valence-electron chi connectivity index (χ2n) is 6.02. The Morgan fingerprint density at radius 2 is 2.17 bits per heavy atom. The average molecular weight is 350 g/mol. The summed E-state index contributed by atoms with van der Waals surface area (Å²) in [6, 6.07) is 3.89. The first-order valence-corrected chi connectivity index (χ1v) is 9.80. The zero-order chi connectivity index (χ0) is 17.0. The number of rotatable bonds is 6. The number of amides is 1. The number of carbonyl (C=O) groups is 1. The zero-order valence-corrected chi connectivity index (χ0v) is 15.9. The van der Waals surface area contributed by atoms with Crippen molar-refractivity contribution in [3.63, 3.8) is 0 Å². The van der Waals surface area contributed by atoms with Gasteiger partial charge in [-0.05, 0) is 32.2 Å². The van der Waals surface area contributed by atoms with Gasteiger partial charge in [-0.2, -0.15) is 11.8 Å². The molecular formula is C17H23N3OS2. The summed E-state index contributed by atoms with van der Waals surface area (Å²) in [6.45, 7) is 8.63. The summed E-state index contributed by atoms with van der Waals surface area (Å²) in [6.07, 6.45) is 5.58. The Morgan fingerprint density at radius 3 is 2.74 bits per heavy atom. The summed E-state index contributed by atoms with van der Waals surface area (Å²) >= 11 is 3.25. The van der Waals surface area contributed by atoms with Crippen LogP contribution >= 0.6 is 23.1 Å². The molecule has 23 heavy (non-hydrogen) atoms. The molecule has 0 spiro atoms. The monoisotopic (exact) mass is 349 g/mol. The molecule has 0 unspecified atom stereocenters. The lowest BCUT2D eigenvalue weighted by atomic mass is 9.94. The van der Waals surface area contributed by atoms with E-state index in [0.717, 1.165) is 27.0 Å². The van der Waals surface area contributed by atoms with Gasteiger partial charge in [-0.15, -0.1) is 0 Å². The molecule has 0 saturated carbocycles. The van der Waals surface area contributed by atoms with E-state index in [9.17, 15) is 4.79 Å². The quantitative estimate of drug-likeness (QED) is 0.782. The van der Waals surface area contributed by atoms with Crippen molar-refractivity contribution in [2.45, 2.75) is 27.7 Å². The first kappa shape index (κ1) is 17.9. The van der Waals surface area contributed by atoms with Crippen LogP contribution in [-0.4, -0.2) is 34.4 Å². The van der Waals surface area contributed by atoms with Crippen molar-refractivity contribution in [1.82, 2.24) is 9.97 Å². The van der Waals surface area contributed by atoms with Crippen LogP contribution in [0.4, 0.5) is 5.00 Å². The lowest BCUT2D eigenvalue weighted by Crippen LogP contribution is -2.42. The normalized spacial score (nSPS) is 11.5. The number of carbonyl (C=O) groups excluding carboxylic acids is 1. The molecule has 0 aromatic carbocycles. The van der Waals surface area contributed by atoms with E-state index in [0.29, 0.717) is 6.54 Å². The lowest BCUT2D eigenvalue weighted by molar-refractivity contribution is -0.125. The lowest BCUT2D eigenvalue weighted by Gasteiger charge is -2.30. The van der Waals surface area contributed by atoms with Gasteiger partial charge in [0.15, 0.2) is 0 Å². The van der Waals surface area contributed by atoms with Gasteiger partial charge >= 0.3 is 0 Å². The molecule has 0 aliphatic carbocycles. The van der Waals surface area contributed by atoms with Crippen LogP contribution in [0.1, 0.15) is 26.5 Å². The number of aryl methyl sites for hydroxylation is 1. The highest BCUT2D eigenvalue weighted by molar-refractivity contribution is 7.98. The topological polar surface area (TPSA) is 46.1 Å². The number of pyridine rings is 1. The maximum atomic E-state index is 13.0. The minimum Gasteiger partial charge on any atom is -0.302 e. The highest BCUT2D eigenvalue weighted by atomic mass is 32.2. The summed E-state index contributed by atoms with van der Waals surface area (Å²) < 4.78 is 0. The Bertz CT molecular complexity index is 668. The second kappa shape index (κ2) is 7.45. The van der Waals surface area contributed by atoms with Crippen LogP contribution in [0.3, 0.4) is 0 Å². The number of thioether (sulfide) groups is 1. The number of thiazole rings is 1. The van der Waals surface area contributed by atoms with Gasteiger partial charge in [0.25, 0.3) is 0 Å². The Kier molecular flexibility index (Phi) is 5.81. The molecule has 124 valence electrons. The predicted octanol–water partition coefficient (Wildman–Crippen LogP) is 4.26. The van der Waals surface area contributed by atoms with Crippen molar-refractivity contribution in [3.8, 4) is 10.6 Å². The molecule has 2 rings (SSSR count). The van der Waals surface area contributed by atoms with E-state index in [-0.39, 0.29) is 11.3 Å². The van der Waals surface area contributed by atoms with Crippen LogP contribution in [0.5, 0.6) is 0 Å². The molecule has 0 bridgehead atoms. The van der Waals surface area contributed by atoms with Crippen molar-refractivity contribution in [3.05, 3.63) is 30.2 Å². The third-order valence-electron chi connectivity index (χ3n) is 3.57.